The summed E-state index contributed by atoms with van der Waals surface area (Å²) in [4.78, 5) is 20.8. The number of fused-ring (bicyclic) bond motifs is 1. The zero-order chi connectivity index (χ0) is 22.8. The Hall–Kier alpha value is -4.01. The van der Waals surface area contributed by atoms with Crippen molar-refractivity contribution in [1.82, 2.24) is 9.55 Å². The molecule has 0 fully saturated rings. The molecule has 160 valence electrons. The van der Waals surface area contributed by atoms with Crippen molar-refractivity contribution in [3.63, 3.8) is 0 Å². The zero-order valence-electron chi connectivity index (χ0n) is 18.2. The van der Waals surface area contributed by atoms with Crippen LogP contribution in [-0.2, 0) is 13.0 Å². The summed E-state index contributed by atoms with van der Waals surface area (Å²) in [5.41, 5.74) is 4.51. The Kier molecular flexibility index (Phi) is 5.60. The Labute approximate surface area is 196 Å². The summed E-state index contributed by atoms with van der Waals surface area (Å²) in [5, 5.41) is 9.97. The third kappa shape index (κ3) is 4.09. The minimum absolute atomic E-state index is 0.0449. The molecule has 0 saturated heterocycles. The summed E-state index contributed by atoms with van der Waals surface area (Å²) >= 11 is 1.57. The number of rotatable bonds is 5. The summed E-state index contributed by atoms with van der Waals surface area (Å²) in [6.07, 6.45) is 0.557. The van der Waals surface area contributed by atoms with E-state index in [1.54, 1.807) is 22.0 Å². The highest BCUT2D eigenvalue weighted by Crippen LogP contribution is 2.35. The molecule has 0 N–H and O–H groups in total. The number of benzene rings is 3. The molecule has 4 nitrogen and oxygen atoms in total. The van der Waals surface area contributed by atoms with Gasteiger partial charge in [-0.2, -0.15) is 5.26 Å². The molecule has 0 saturated carbocycles. The minimum atomic E-state index is -0.0449. The summed E-state index contributed by atoms with van der Waals surface area (Å²) < 4.78 is 1.77. The lowest BCUT2D eigenvalue weighted by Crippen LogP contribution is -2.26. The maximum absolute atomic E-state index is 14.0. The molecule has 0 radical (unpaired) electrons. The first kappa shape index (κ1) is 20.9. The summed E-state index contributed by atoms with van der Waals surface area (Å²) in [5.74, 6) is 0.724. The van der Waals surface area contributed by atoms with Gasteiger partial charge in [-0.15, -0.1) is 11.3 Å². The van der Waals surface area contributed by atoms with Crippen molar-refractivity contribution in [2.75, 3.05) is 0 Å². The van der Waals surface area contributed by atoms with Crippen LogP contribution in [0.15, 0.2) is 89.7 Å². The molecule has 5 rings (SSSR count). The Bertz CT molecular complexity index is 1540. The van der Waals surface area contributed by atoms with E-state index in [-0.39, 0.29) is 5.56 Å². The van der Waals surface area contributed by atoms with E-state index in [2.05, 4.69) is 6.07 Å². The number of thiophene rings is 1. The molecular formula is C28H21N3OS. The quantitative estimate of drug-likeness (QED) is 0.335. The maximum atomic E-state index is 14.0. The molecular weight excluding hydrogens is 426 g/mol. The molecule has 3 aromatic carbocycles. The fourth-order valence-corrected chi connectivity index (χ4v) is 5.24. The van der Waals surface area contributed by atoms with Crippen LogP contribution in [0.1, 0.15) is 27.4 Å². The summed E-state index contributed by atoms with van der Waals surface area (Å²) in [6, 6.07) is 29.7. The van der Waals surface area contributed by atoms with E-state index in [0.717, 1.165) is 37.8 Å². The van der Waals surface area contributed by atoms with Crippen molar-refractivity contribution in [2.24, 2.45) is 0 Å². The molecule has 2 heterocycles. The van der Waals surface area contributed by atoms with E-state index in [0.29, 0.717) is 23.9 Å². The fourth-order valence-electron chi connectivity index (χ4n) is 4.19. The van der Waals surface area contributed by atoms with Crippen molar-refractivity contribution < 1.29 is 0 Å². The van der Waals surface area contributed by atoms with Crippen molar-refractivity contribution >= 4 is 21.6 Å². The second kappa shape index (κ2) is 8.85. The zero-order valence-corrected chi connectivity index (χ0v) is 19.0. The Morgan fingerprint density at radius 1 is 0.939 bits per heavy atom. The van der Waals surface area contributed by atoms with E-state index in [1.807, 2.05) is 85.8 Å². The average Bonchev–Trinajstić information content (AvgIpc) is 3.18. The van der Waals surface area contributed by atoms with Gasteiger partial charge in [0.2, 0.25) is 0 Å². The van der Waals surface area contributed by atoms with Crippen LogP contribution >= 0.6 is 11.3 Å². The molecule has 5 aromatic rings. The smallest absolute Gasteiger partial charge is 0.263 e. The Balaban J connectivity index is 1.73. The number of aryl methyl sites for hydroxylation is 1. The van der Waals surface area contributed by atoms with Gasteiger partial charge >= 0.3 is 0 Å². The molecule has 0 aliphatic heterocycles. The van der Waals surface area contributed by atoms with Crippen LogP contribution in [0.25, 0.3) is 21.3 Å². The van der Waals surface area contributed by atoms with Crippen LogP contribution in [0.2, 0.25) is 0 Å². The highest BCUT2D eigenvalue weighted by atomic mass is 32.1. The van der Waals surface area contributed by atoms with E-state index in [4.69, 9.17) is 4.98 Å². The molecule has 0 atom stereocenters. The van der Waals surface area contributed by atoms with Gasteiger partial charge in [-0.3, -0.25) is 9.36 Å². The number of aromatic nitrogens is 2. The van der Waals surface area contributed by atoms with Gasteiger partial charge in [0.25, 0.3) is 5.56 Å². The molecule has 0 amide bonds. The predicted molar refractivity (Wildman–Crippen MR) is 134 cm³/mol. The molecule has 2 aromatic heterocycles. The second-order valence-corrected chi connectivity index (χ2v) is 9.18. The Morgan fingerprint density at radius 2 is 1.64 bits per heavy atom. The van der Waals surface area contributed by atoms with E-state index >= 15 is 0 Å². The van der Waals surface area contributed by atoms with Gasteiger partial charge in [0.05, 0.1) is 23.6 Å². The van der Waals surface area contributed by atoms with Gasteiger partial charge in [-0.05, 0) is 35.7 Å². The third-order valence-electron chi connectivity index (χ3n) is 5.73. The van der Waals surface area contributed by atoms with Gasteiger partial charge < -0.3 is 0 Å². The lowest BCUT2D eigenvalue weighted by molar-refractivity contribution is 0.695. The molecule has 0 bridgehead atoms. The first-order chi connectivity index (χ1) is 16.1. The van der Waals surface area contributed by atoms with Crippen molar-refractivity contribution in [2.45, 2.75) is 19.9 Å². The van der Waals surface area contributed by atoms with E-state index in [1.165, 1.54) is 0 Å². The monoisotopic (exact) mass is 447 g/mol. The van der Waals surface area contributed by atoms with Crippen molar-refractivity contribution in [3.05, 3.63) is 123 Å². The standard InChI is InChI=1S/C28H21N3OS/c1-19-25(23-13-6-3-7-14-23)26-27(33-19)30-24(16-20-9-4-2-5-10-20)31(28(26)32)18-22-12-8-11-21(15-22)17-29/h2-15H,16,18H2,1H3. The van der Waals surface area contributed by atoms with Gasteiger partial charge in [0, 0.05) is 16.9 Å². The second-order valence-electron chi connectivity index (χ2n) is 7.97. The third-order valence-corrected chi connectivity index (χ3v) is 6.73. The van der Waals surface area contributed by atoms with Crippen molar-refractivity contribution in [1.29, 1.82) is 5.26 Å². The first-order valence-electron chi connectivity index (χ1n) is 10.8. The van der Waals surface area contributed by atoms with Gasteiger partial charge in [-0.25, -0.2) is 4.98 Å². The average molecular weight is 448 g/mol. The van der Waals surface area contributed by atoms with Gasteiger partial charge in [-0.1, -0.05) is 72.8 Å². The summed E-state index contributed by atoms with van der Waals surface area (Å²) in [7, 11) is 0. The number of nitriles is 1. The normalized spacial score (nSPS) is 10.9. The molecule has 0 aliphatic rings. The lowest BCUT2D eigenvalue weighted by Gasteiger charge is -2.14. The Morgan fingerprint density at radius 3 is 2.36 bits per heavy atom. The lowest BCUT2D eigenvalue weighted by atomic mass is 10.0. The molecule has 33 heavy (non-hydrogen) atoms. The van der Waals surface area contributed by atoms with Gasteiger partial charge in [0.1, 0.15) is 10.7 Å². The summed E-state index contributed by atoms with van der Waals surface area (Å²) in [6.45, 7) is 2.41. The van der Waals surface area contributed by atoms with Crippen LogP contribution < -0.4 is 5.56 Å². The van der Waals surface area contributed by atoms with Crippen LogP contribution in [0.3, 0.4) is 0 Å². The topological polar surface area (TPSA) is 58.7 Å². The number of hydrogen-bond donors (Lipinski definition) is 0. The molecule has 0 aliphatic carbocycles. The number of hydrogen-bond acceptors (Lipinski definition) is 4. The molecule has 0 unspecified atom stereocenters. The maximum Gasteiger partial charge on any atom is 0.263 e. The fraction of sp³-hybridized carbons (Fsp3) is 0.107. The van der Waals surface area contributed by atoms with Crippen LogP contribution in [0.5, 0.6) is 0 Å². The van der Waals surface area contributed by atoms with Crippen molar-refractivity contribution in [3.8, 4) is 17.2 Å². The van der Waals surface area contributed by atoms with Crippen LogP contribution in [0, 0.1) is 18.3 Å². The predicted octanol–water partition coefficient (Wildman–Crippen LogP) is 5.94. The van der Waals surface area contributed by atoms with Crippen LogP contribution in [-0.4, -0.2) is 9.55 Å². The largest absolute Gasteiger partial charge is 0.291 e. The van der Waals surface area contributed by atoms with Gasteiger partial charge in [0.15, 0.2) is 0 Å². The molecule has 5 heteroatoms. The number of nitrogens with zero attached hydrogens (tertiary/aromatic N) is 3. The first-order valence-corrected chi connectivity index (χ1v) is 11.6. The SMILES string of the molecule is Cc1sc2nc(Cc3ccccc3)n(Cc3cccc(C#N)c3)c(=O)c2c1-c1ccccc1. The minimum Gasteiger partial charge on any atom is -0.291 e. The van der Waals surface area contributed by atoms with Crippen LogP contribution in [0.4, 0.5) is 0 Å². The highest BCUT2D eigenvalue weighted by Gasteiger charge is 2.20. The van der Waals surface area contributed by atoms with E-state index in [9.17, 15) is 10.1 Å². The molecule has 0 spiro atoms. The van der Waals surface area contributed by atoms with E-state index < -0.39 is 0 Å². The highest BCUT2D eigenvalue weighted by molar-refractivity contribution is 7.19.